The van der Waals surface area contributed by atoms with Crippen LogP contribution in [0.5, 0.6) is 0 Å². The first kappa shape index (κ1) is 17.9. The molecule has 3 rings (SSSR count). The van der Waals surface area contributed by atoms with Crippen LogP contribution in [0.4, 0.5) is 10.1 Å². The van der Waals surface area contributed by atoms with Gasteiger partial charge in [-0.05, 0) is 49.9 Å². The number of nitrogens with zero attached hydrogens (tertiary/aromatic N) is 4. The fourth-order valence-corrected chi connectivity index (χ4v) is 4.00. The summed E-state index contributed by atoms with van der Waals surface area (Å²) in [6.07, 6.45) is 3.53. The van der Waals surface area contributed by atoms with Gasteiger partial charge in [-0.1, -0.05) is 18.7 Å². The maximum absolute atomic E-state index is 13.5. The number of rotatable bonds is 5. The van der Waals surface area contributed by atoms with Crippen molar-refractivity contribution < 1.29 is 9.18 Å². The number of carbonyl (C=O) groups is 1. The zero-order chi connectivity index (χ0) is 18.0. The Bertz CT molecular complexity index is 776. The first-order chi connectivity index (χ1) is 12.0. The van der Waals surface area contributed by atoms with Crippen LogP contribution in [0.1, 0.15) is 38.1 Å². The molecule has 134 valence electrons. The average Bonchev–Trinajstić information content (AvgIpc) is 2.93. The van der Waals surface area contributed by atoms with Crippen LogP contribution in [0.15, 0.2) is 23.4 Å². The molecule has 1 atom stereocenters. The first-order valence-electron chi connectivity index (χ1n) is 8.62. The fraction of sp³-hybridized carbons (Fsp3) is 0.500. The van der Waals surface area contributed by atoms with E-state index in [1.165, 1.54) is 23.9 Å². The third kappa shape index (κ3) is 3.71. The smallest absolute Gasteiger partial charge is 0.237 e. The summed E-state index contributed by atoms with van der Waals surface area (Å²) in [4.78, 5) is 14.6. The van der Waals surface area contributed by atoms with Gasteiger partial charge in [0.2, 0.25) is 5.91 Å². The quantitative estimate of drug-likeness (QED) is 0.765. The van der Waals surface area contributed by atoms with Crippen LogP contribution in [-0.4, -0.2) is 32.5 Å². The number of anilines is 1. The Morgan fingerprint density at radius 3 is 2.96 bits per heavy atom. The SMILES string of the molecule is CCCc1nnc(SCC(=O)N2c3ccc(F)cc3CC[C@@H]2C)n1C. The van der Waals surface area contributed by atoms with Crippen molar-refractivity contribution in [3.05, 3.63) is 35.4 Å². The van der Waals surface area contributed by atoms with Gasteiger partial charge in [0.1, 0.15) is 11.6 Å². The average molecular weight is 362 g/mol. The van der Waals surface area contributed by atoms with E-state index in [9.17, 15) is 9.18 Å². The van der Waals surface area contributed by atoms with Crippen molar-refractivity contribution in [2.75, 3.05) is 10.7 Å². The summed E-state index contributed by atoms with van der Waals surface area (Å²) in [5.74, 6) is 0.992. The number of fused-ring (bicyclic) bond motifs is 1. The summed E-state index contributed by atoms with van der Waals surface area (Å²) in [7, 11) is 1.93. The standard InChI is InChI=1S/C18H23FN4OS/c1-4-5-16-20-21-18(22(16)3)25-11-17(24)23-12(2)6-7-13-10-14(19)8-9-15(13)23/h8-10,12H,4-7,11H2,1-3H3/t12-/m0/s1. The minimum atomic E-state index is -0.252. The molecule has 1 aromatic heterocycles. The van der Waals surface area contributed by atoms with E-state index in [0.29, 0.717) is 5.75 Å². The number of hydrogen-bond donors (Lipinski definition) is 0. The number of benzene rings is 1. The molecule has 2 aromatic rings. The predicted molar refractivity (Wildman–Crippen MR) is 97.4 cm³/mol. The Hall–Kier alpha value is -1.89. The Morgan fingerprint density at radius 2 is 2.20 bits per heavy atom. The minimum Gasteiger partial charge on any atom is -0.309 e. The monoisotopic (exact) mass is 362 g/mol. The number of halogens is 1. The zero-order valence-corrected chi connectivity index (χ0v) is 15.6. The summed E-state index contributed by atoms with van der Waals surface area (Å²) >= 11 is 1.40. The van der Waals surface area contributed by atoms with Gasteiger partial charge in [0, 0.05) is 25.2 Å². The van der Waals surface area contributed by atoms with Gasteiger partial charge < -0.3 is 9.47 Å². The van der Waals surface area contributed by atoms with E-state index in [2.05, 4.69) is 17.1 Å². The highest BCUT2D eigenvalue weighted by Crippen LogP contribution is 2.32. The van der Waals surface area contributed by atoms with Crippen molar-refractivity contribution in [2.45, 2.75) is 50.7 Å². The molecule has 0 saturated carbocycles. The van der Waals surface area contributed by atoms with E-state index in [1.807, 2.05) is 18.5 Å². The summed E-state index contributed by atoms with van der Waals surface area (Å²) in [5, 5.41) is 9.11. The van der Waals surface area contributed by atoms with Gasteiger partial charge in [-0.3, -0.25) is 4.79 Å². The third-order valence-corrected chi connectivity index (χ3v) is 5.57. The van der Waals surface area contributed by atoms with E-state index in [4.69, 9.17) is 0 Å². The van der Waals surface area contributed by atoms with E-state index < -0.39 is 0 Å². The van der Waals surface area contributed by atoms with Gasteiger partial charge in [0.15, 0.2) is 5.16 Å². The van der Waals surface area contributed by atoms with E-state index in [-0.39, 0.29) is 17.8 Å². The van der Waals surface area contributed by atoms with Crippen molar-refractivity contribution in [2.24, 2.45) is 7.05 Å². The van der Waals surface area contributed by atoms with Gasteiger partial charge in [0.25, 0.3) is 0 Å². The molecule has 0 N–H and O–H groups in total. The van der Waals surface area contributed by atoms with Crippen LogP contribution < -0.4 is 4.90 Å². The number of carbonyl (C=O) groups excluding carboxylic acids is 1. The van der Waals surface area contributed by atoms with Crippen LogP contribution >= 0.6 is 11.8 Å². The molecule has 0 saturated heterocycles. The number of hydrogen-bond acceptors (Lipinski definition) is 4. The van der Waals surface area contributed by atoms with Gasteiger partial charge in [-0.15, -0.1) is 10.2 Å². The molecule has 1 aliphatic rings. The molecule has 2 heterocycles. The van der Waals surface area contributed by atoms with Crippen molar-refractivity contribution in [1.82, 2.24) is 14.8 Å². The molecule has 1 amide bonds. The third-order valence-electron chi connectivity index (χ3n) is 4.57. The first-order valence-corrected chi connectivity index (χ1v) is 9.61. The van der Waals surface area contributed by atoms with Crippen molar-refractivity contribution >= 4 is 23.4 Å². The summed E-state index contributed by atoms with van der Waals surface area (Å²) < 4.78 is 15.4. The molecule has 7 heteroatoms. The second kappa shape index (κ2) is 7.56. The summed E-state index contributed by atoms with van der Waals surface area (Å²) in [6.45, 7) is 4.14. The molecule has 0 spiro atoms. The Morgan fingerprint density at radius 1 is 1.40 bits per heavy atom. The highest BCUT2D eigenvalue weighted by molar-refractivity contribution is 7.99. The molecule has 25 heavy (non-hydrogen) atoms. The lowest BCUT2D eigenvalue weighted by Gasteiger charge is -2.35. The zero-order valence-electron chi connectivity index (χ0n) is 14.8. The highest BCUT2D eigenvalue weighted by atomic mass is 32.2. The lowest BCUT2D eigenvalue weighted by atomic mass is 9.96. The second-order valence-corrected chi connectivity index (χ2v) is 7.36. The van der Waals surface area contributed by atoms with E-state index in [0.717, 1.165) is 47.9 Å². The lowest BCUT2D eigenvalue weighted by molar-refractivity contribution is -0.116. The Balaban J connectivity index is 1.73. The molecule has 0 radical (unpaired) electrons. The van der Waals surface area contributed by atoms with Crippen LogP contribution in [0.25, 0.3) is 0 Å². The summed E-state index contributed by atoms with van der Waals surface area (Å²) in [6, 6.07) is 4.78. The fourth-order valence-electron chi connectivity index (χ4n) is 3.21. The molecule has 5 nitrogen and oxygen atoms in total. The number of aryl methyl sites for hydroxylation is 2. The molecule has 0 aliphatic carbocycles. The summed E-state index contributed by atoms with van der Waals surface area (Å²) in [5.41, 5.74) is 1.73. The lowest BCUT2D eigenvalue weighted by Crippen LogP contribution is -2.43. The van der Waals surface area contributed by atoms with Crippen molar-refractivity contribution in [1.29, 1.82) is 0 Å². The maximum Gasteiger partial charge on any atom is 0.237 e. The maximum atomic E-state index is 13.5. The predicted octanol–water partition coefficient (Wildman–Crippen LogP) is 3.37. The largest absolute Gasteiger partial charge is 0.309 e. The van der Waals surface area contributed by atoms with Crippen LogP contribution in [0.2, 0.25) is 0 Å². The van der Waals surface area contributed by atoms with Crippen LogP contribution in [0.3, 0.4) is 0 Å². The number of aromatic nitrogens is 3. The van der Waals surface area contributed by atoms with E-state index in [1.54, 1.807) is 11.0 Å². The minimum absolute atomic E-state index is 0.0186. The topological polar surface area (TPSA) is 51.0 Å². The number of amides is 1. The normalized spacial score (nSPS) is 16.8. The van der Waals surface area contributed by atoms with Crippen LogP contribution in [-0.2, 0) is 24.7 Å². The van der Waals surface area contributed by atoms with Gasteiger partial charge in [0.05, 0.1) is 5.75 Å². The van der Waals surface area contributed by atoms with Gasteiger partial charge >= 0.3 is 0 Å². The second-order valence-electron chi connectivity index (χ2n) is 6.42. The highest BCUT2D eigenvalue weighted by Gasteiger charge is 2.28. The van der Waals surface area contributed by atoms with Crippen LogP contribution in [0, 0.1) is 5.82 Å². The van der Waals surface area contributed by atoms with Gasteiger partial charge in [-0.25, -0.2) is 4.39 Å². The molecule has 0 bridgehead atoms. The Labute approximate surface area is 151 Å². The van der Waals surface area contributed by atoms with E-state index >= 15 is 0 Å². The van der Waals surface area contributed by atoms with Crippen molar-refractivity contribution in [3.8, 4) is 0 Å². The molecular formula is C18H23FN4OS. The molecule has 1 aromatic carbocycles. The molecular weight excluding hydrogens is 339 g/mol. The molecule has 0 fully saturated rings. The van der Waals surface area contributed by atoms with Crippen molar-refractivity contribution in [3.63, 3.8) is 0 Å². The molecule has 0 unspecified atom stereocenters. The Kier molecular flexibility index (Phi) is 5.42. The molecule has 1 aliphatic heterocycles. The van der Waals surface area contributed by atoms with Gasteiger partial charge in [-0.2, -0.15) is 0 Å². The number of thioether (sulfide) groups is 1.